The summed E-state index contributed by atoms with van der Waals surface area (Å²) in [5.74, 6) is 0. The van der Waals surface area contributed by atoms with Crippen molar-refractivity contribution in [2.75, 3.05) is 14.1 Å². The van der Waals surface area contributed by atoms with Gasteiger partial charge < -0.3 is 17.7 Å². The van der Waals surface area contributed by atoms with Crippen LogP contribution in [0.5, 0.6) is 0 Å². The fourth-order valence-corrected chi connectivity index (χ4v) is 0. The minimum absolute atomic E-state index is 0. The third kappa shape index (κ3) is 48.1. The molecule has 4 heteroatoms. The molecular weight excluding hydrogens is 132 g/mol. The molecule has 36 valence electrons. The van der Waals surface area contributed by atoms with E-state index in [1.165, 1.54) is 0 Å². The van der Waals surface area contributed by atoms with E-state index in [0.29, 0.717) is 0 Å². The van der Waals surface area contributed by atoms with Gasteiger partial charge in [0.1, 0.15) is 0 Å². The van der Waals surface area contributed by atoms with Gasteiger partial charge in [0.2, 0.25) is 0 Å². The fourth-order valence-electron chi connectivity index (χ4n) is 0. The van der Waals surface area contributed by atoms with E-state index in [1.807, 2.05) is 14.1 Å². The van der Waals surface area contributed by atoms with Crippen LogP contribution in [0.25, 0.3) is 0 Å². The van der Waals surface area contributed by atoms with E-state index in [9.17, 15) is 0 Å². The van der Waals surface area contributed by atoms with Gasteiger partial charge in [-0.15, -0.1) is 12.4 Å². The van der Waals surface area contributed by atoms with Crippen molar-refractivity contribution < 1.29 is 42.0 Å². The van der Waals surface area contributed by atoms with Crippen molar-refractivity contribution >= 4 is 12.4 Å². The van der Waals surface area contributed by atoms with Crippen LogP contribution in [-0.2, 0) is 0 Å². The molecule has 0 radical (unpaired) electrons. The third-order valence-corrected chi connectivity index (χ3v) is 0. The topological polar surface area (TPSA) is 12.0 Å². The Bertz CT molecular complexity index is 11.5. The van der Waals surface area contributed by atoms with Crippen LogP contribution in [0, 0.1) is 0 Å². The Labute approximate surface area is 73.4 Å². The standard InChI is InChI=1S/C2H7N.2ClH.Na/c1-3-2;;;/h3H,1-2H3;2*1H;/q;;;+1/p-1. The smallest absolute Gasteiger partial charge is 1.00 e. The Morgan fingerprint density at radius 3 is 1.17 bits per heavy atom. The monoisotopic (exact) mass is 139 g/mol. The molecule has 0 rings (SSSR count). The molecule has 0 aliphatic carbocycles. The van der Waals surface area contributed by atoms with E-state index in [0.717, 1.165) is 0 Å². The summed E-state index contributed by atoms with van der Waals surface area (Å²) in [6.45, 7) is 0. The first-order valence-corrected chi connectivity index (χ1v) is 1.00. The summed E-state index contributed by atoms with van der Waals surface area (Å²) in [5.41, 5.74) is 0. The van der Waals surface area contributed by atoms with Gasteiger partial charge >= 0.3 is 29.6 Å². The molecule has 1 N–H and O–H groups in total. The van der Waals surface area contributed by atoms with Crippen LogP contribution in [0.15, 0.2) is 0 Å². The van der Waals surface area contributed by atoms with Crippen molar-refractivity contribution in [1.82, 2.24) is 5.32 Å². The molecule has 0 spiro atoms. The molecule has 1 nitrogen and oxygen atoms in total. The maximum absolute atomic E-state index is 2.75. The van der Waals surface area contributed by atoms with Gasteiger partial charge in [0.25, 0.3) is 0 Å². The van der Waals surface area contributed by atoms with Crippen LogP contribution in [0.1, 0.15) is 0 Å². The molecule has 0 fully saturated rings. The van der Waals surface area contributed by atoms with Crippen LogP contribution >= 0.6 is 12.4 Å². The van der Waals surface area contributed by atoms with Crippen molar-refractivity contribution in [3.63, 3.8) is 0 Å². The molecule has 0 aliphatic heterocycles. The minimum Gasteiger partial charge on any atom is -1.00 e. The molecule has 0 amide bonds. The largest absolute Gasteiger partial charge is 1.00 e. The van der Waals surface area contributed by atoms with Gasteiger partial charge in [-0.25, -0.2) is 0 Å². The van der Waals surface area contributed by atoms with Gasteiger partial charge in [-0.2, -0.15) is 0 Å². The van der Waals surface area contributed by atoms with E-state index in [4.69, 9.17) is 0 Å². The zero-order valence-electron chi connectivity index (χ0n) is 4.29. The maximum Gasteiger partial charge on any atom is 1.00 e. The second kappa shape index (κ2) is 31.1. The Morgan fingerprint density at radius 1 is 1.17 bits per heavy atom. The predicted molar refractivity (Wildman–Crippen MR) is 22.2 cm³/mol. The Morgan fingerprint density at radius 2 is 1.17 bits per heavy atom. The number of nitrogens with one attached hydrogen (secondary N) is 1. The normalized spacial score (nSPS) is 3.00. The van der Waals surface area contributed by atoms with Gasteiger partial charge in [-0.05, 0) is 14.1 Å². The SMILES string of the molecule is CNC.Cl.[Cl-].[Na+]. The molecule has 0 bridgehead atoms. The molecule has 0 atom stereocenters. The first kappa shape index (κ1) is 25.7. The molecule has 0 unspecified atom stereocenters. The zero-order chi connectivity index (χ0) is 2.71. The maximum atomic E-state index is 2.75. The molecule has 0 aromatic rings. The molecule has 0 aromatic carbocycles. The fraction of sp³-hybridized carbons (Fsp3) is 1.00. The van der Waals surface area contributed by atoms with Crippen molar-refractivity contribution in [3.8, 4) is 0 Å². The Kier molecular flexibility index (Phi) is 133. The predicted octanol–water partition coefficient (Wildman–Crippen LogP) is -5.73. The summed E-state index contributed by atoms with van der Waals surface area (Å²) >= 11 is 0. The van der Waals surface area contributed by atoms with E-state index >= 15 is 0 Å². The van der Waals surface area contributed by atoms with Crippen molar-refractivity contribution in [2.45, 2.75) is 0 Å². The first-order chi connectivity index (χ1) is 1.41. The first-order valence-electron chi connectivity index (χ1n) is 1.00. The van der Waals surface area contributed by atoms with Crippen LogP contribution in [0.3, 0.4) is 0 Å². The Balaban J connectivity index is -0.00000000667. The summed E-state index contributed by atoms with van der Waals surface area (Å²) in [6, 6.07) is 0. The summed E-state index contributed by atoms with van der Waals surface area (Å²) < 4.78 is 0. The number of hydrogen-bond acceptors (Lipinski definition) is 1. The van der Waals surface area contributed by atoms with Crippen LogP contribution in [0.4, 0.5) is 0 Å². The third-order valence-electron chi connectivity index (χ3n) is 0. The van der Waals surface area contributed by atoms with Gasteiger partial charge in [0.05, 0.1) is 0 Å². The quantitative estimate of drug-likeness (QED) is 0.330. The van der Waals surface area contributed by atoms with Gasteiger partial charge in [0, 0.05) is 0 Å². The second-order valence-electron chi connectivity index (χ2n) is 0.500. The van der Waals surface area contributed by atoms with Crippen LogP contribution < -0.4 is 47.3 Å². The summed E-state index contributed by atoms with van der Waals surface area (Å²) in [6.07, 6.45) is 0. The van der Waals surface area contributed by atoms with Crippen molar-refractivity contribution in [1.29, 1.82) is 0 Å². The minimum atomic E-state index is 0. The number of hydrogen-bond donors (Lipinski definition) is 1. The summed E-state index contributed by atoms with van der Waals surface area (Å²) in [4.78, 5) is 0. The second-order valence-corrected chi connectivity index (χ2v) is 0.500. The van der Waals surface area contributed by atoms with Crippen molar-refractivity contribution in [2.24, 2.45) is 0 Å². The van der Waals surface area contributed by atoms with Gasteiger partial charge in [0.15, 0.2) is 0 Å². The molecular formula is C2H8Cl2NNa. The average molecular weight is 140 g/mol. The molecule has 0 aromatic heterocycles. The Hall–Kier alpha value is 1.54. The summed E-state index contributed by atoms with van der Waals surface area (Å²) in [7, 11) is 3.75. The van der Waals surface area contributed by atoms with Crippen LogP contribution in [0.2, 0.25) is 0 Å². The molecule has 0 aliphatic rings. The number of halogens is 2. The van der Waals surface area contributed by atoms with Gasteiger partial charge in [-0.3, -0.25) is 0 Å². The van der Waals surface area contributed by atoms with E-state index in [-0.39, 0.29) is 54.4 Å². The average Bonchev–Trinajstić information content (AvgIpc) is 0.918. The zero-order valence-corrected chi connectivity index (χ0v) is 7.86. The molecule has 0 saturated carbocycles. The molecule has 6 heavy (non-hydrogen) atoms. The van der Waals surface area contributed by atoms with E-state index in [2.05, 4.69) is 5.32 Å². The van der Waals surface area contributed by atoms with Crippen LogP contribution in [-0.4, -0.2) is 14.1 Å². The van der Waals surface area contributed by atoms with Gasteiger partial charge in [-0.1, -0.05) is 0 Å². The molecule has 0 saturated heterocycles. The van der Waals surface area contributed by atoms with E-state index < -0.39 is 0 Å². The number of rotatable bonds is 0. The summed E-state index contributed by atoms with van der Waals surface area (Å²) in [5, 5.41) is 2.75. The van der Waals surface area contributed by atoms with Crippen molar-refractivity contribution in [3.05, 3.63) is 0 Å². The molecule has 0 heterocycles. The van der Waals surface area contributed by atoms with E-state index in [1.54, 1.807) is 0 Å².